The lowest BCUT2D eigenvalue weighted by Crippen LogP contribution is -2.37. The van der Waals surface area contributed by atoms with Crippen LogP contribution in [0.2, 0.25) is 0 Å². The molecule has 1 aromatic rings. The summed E-state index contributed by atoms with van der Waals surface area (Å²) < 4.78 is 13.8. The molecule has 0 aliphatic carbocycles. The van der Waals surface area contributed by atoms with Gasteiger partial charge in [0.25, 0.3) is 0 Å². The van der Waals surface area contributed by atoms with Crippen LogP contribution < -0.4 is 5.32 Å². The fourth-order valence-corrected chi connectivity index (χ4v) is 2.06. The molecule has 18 heavy (non-hydrogen) atoms. The first-order valence-corrected chi connectivity index (χ1v) is 6.78. The van der Waals surface area contributed by atoms with Crippen LogP contribution in [0.4, 0.5) is 4.39 Å². The molecule has 0 aromatic heterocycles. The van der Waals surface area contributed by atoms with Crippen molar-refractivity contribution in [3.63, 3.8) is 0 Å². The van der Waals surface area contributed by atoms with Gasteiger partial charge in [0, 0.05) is 24.2 Å². The Morgan fingerprint density at radius 3 is 2.50 bits per heavy atom. The average Bonchev–Trinajstić information content (AvgIpc) is 2.37. The van der Waals surface area contributed by atoms with E-state index in [0.29, 0.717) is 6.04 Å². The fourth-order valence-electron chi connectivity index (χ4n) is 2.06. The fraction of sp³-hybridized carbons (Fsp3) is 0.600. The Hall–Kier alpha value is -0.930. The van der Waals surface area contributed by atoms with Crippen molar-refractivity contribution in [2.24, 2.45) is 0 Å². The van der Waals surface area contributed by atoms with E-state index in [1.54, 1.807) is 6.07 Å². The lowest BCUT2D eigenvalue weighted by Gasteiger charge is -2.29. The Morgan fingerprint density at radius 2 is 1.94 bits per heavy atom. The molecule has 0 saturated heterocycles. The normalized spacial score (nSPS) is 14.8. The third-order valence-electron chi connectivity index (χ3n) is 3.54. The summed E-state index contributed by atoms with van der Waals surface area (Å²) in [6, 6.07) is 7.59. The molecule has 2 nitrogen and oxygen atoms in total. The summed E-state index contributed by atoms with van der Waals surface area (Å²) in [7, 11) is 2.10. The standard InChI is InChI=1S/C15H25FN2/c1-5-12(3)18(4)11-15(17-6-2)13-9-7-8-10-14(13)16/h7-10,12,15,17H,5-6,11H2,1-4H3. The number of rotatable bonds is 7. The molecular weight excluding hydrogens is 227 g/mol. The summed E-state index contributed by atoms with van der Waals surface area (Å²) >= 11 is 0. The Kier molecular flexibility index (Phi) is 6.30. The summed E-state index contributed by atoms with van der Waals surface area (Å²) in [6.07, 6.45) is 1.10. The highest BCUT2D eigenvalue weighted by atomic mass is 19.1. The Morgan fingerprint density at radius 1 is 1.28 bits per heavy atom. The Labute approximate surface area is 110 Å². The number of nitrogens with one attached hydrogen (secondary N) is 1. The van der Waals surface area contributed by atoms with E-state index >= 15 is 0 Å². The first kappa shape index (κ1) is 15.1. The van der Waals surface area contributed by atoms with E-state index in [-0.39, 0.29) is 11.9 Å². The average molecular weight is 252 g/mol. The number of halogens is 1. The molecular formula is C15H25FN2. The van der Waals surface area contributed by atoms with Gasteiger partial charge in [-0.15, -0.1) is 0 Å². The predicted octanol–water partition coefficient (Wildman–Crippen LogP) is 3.21. The molecule has 0 fully saturated rings. The smallest absolute Gasteiger partial charge is 0.128 e. The highest BCUT2D eigenvalue weighted by molar-refractivity contribution is 5.21. The topological polar surface area (TPSA) is 15.3 Å². The molecule has 3 heteroatoms. The van der Waals surface area contributed by atoms with E-state index in [2.05, 4.69) is 38.0 Å². The van der Waals surface area contributed by atoms with E-state index < -0.39 is 0 Å². The van der Waals surface area contributed by atoms with Crippen molar-refractivity contribution in [2.45, 2.75) is 39.3 Å². The van der Waals surface area contributed by atoms with E-state index in [4.69, 9.17) is 0 Å². The number of hydrogen-bond acceptors (Lipinski definition) is 2. The van der Waals surface area contributed by atoms with Crippen molar-refractivity contribution in [3.8, 4) is 0 Å². The van der Waals surface area contributed by atoms with Crippen molar-refractivity contribution >= 4 is 0 Å². The zero-order valence-electron chi connectivity index (χ0n) is 11.9. The molecule has 0 aliphatic heterocycles. The van der Waals surface area contributed by atoms with Crippen LogP contribution in [-0.4, -0.2) is 31.1 Å². The summed E-state index contributed by atoms with van der Waals surface area (Å²) in [5.41, 5.74) is 0.759. The zero-order chi connectivity index (χ0) is 13.5. The second-order valence-electron chi connectivity index (χ2n) is 4.83. The van der Waals surface area contributed by atoms with Crippen LogP contribution in [-0.2, 0) is 0 Å². The van der Waals surface area contributed by atoms with Crippen LogP contribution in [0.3, 0.4) is 0 Å². The van der Waals surface area contributed by atoms with Gasteiger partial charge < -0.3 is 10.2 Å². The number of benzene rings is 1. The molecule has 0 saturated carbocycles. The largest absolute Gasteiger partial charge is 0.309 e. The van der Waals surface area contributed by atoms with E-state index in [1.165, 1.54) is 6.07 Å². The summed E-state index contributed by atoms with van der Waals surface area (Å²) in [6.45, 7) is 8.09. The van der Waals surface area contributed by atoms with Gasteiger partial charge in [-0.1, -0.05) is 32.0 Å². The SMILES string of the molecule is CCNC(CN(C)C(C)CC)c1ccccc1F. The minimum atomic E-state index is -0.124. The van der Waals surface area contributed by atoms with E-state index in [0.717, 1.165) is 25.1 Å². The van der Waals surface area contributed by atoms with Crippen molar-refractivity contribution in [3.05, 3.63) is 35.6 Å². The summed E-state index contributed by atoms with van der Waals surface area (Å²) in [5.74, 6) is -0.124. The first-order valence-electron chi connectivity index (χ1n) is 6.78. The highest BCUT2D eigenvalue weighted by Crippen LogP contribution is 2.18. The van der Waals surface area contributed by atoms with Gasteiger partial charge in [0.05, 0.1) is 0 Å². The van der Waals surface area contributed by atoms with Gasteiger partial charge in [-0.25, -0.2) is 4.39 Å². The maximum Gasteiger partial charge on any atom is 0.128 e. The predicted molar refractivity (Wildman–Crippen MR) is 75.2 cm³/mol. The molecule has 102 valence electrons. The number of nitrogens with zero attached hydrogens (tertiary/aromatic N) is 1. The molecule has 0 heterocycles. The molecule has 0 radical (unpaired) electrons. The Balaban J connectivity index is 2.80. The van der Waals surface area contributed by atoms with Crippen molar-refractivity contribution in [1.82, 2.24) is 10.2 Å². The van der Waals surface area contributed by atoms with Crippen LogP contribution in [0.15, 0.2) is 24.3 Å². The monoisotopic (exact) mass is 252 g/mol. The second kappa shape index (κ2) is 7.49. The summed E-state index contributed by atoms with van der Waals surface area (Å²) in [4.78, 5) is 2.28. The quantitative estimate of drug-likeness (QED) is 0.801. The molecule has 0 amide bonds. The van der Waals surface area contributed by atoms with Gasteiger partial charge in [0.15, 0.2) is 0 Å². The van der Waals surface area contributed by atoms with Crippen LogP contribution in [0.1, 0.15) is 38.8 Å². The number of likely N-dealkylation sites (N-methyl/N-ethyl adjacent to an activating group) is 2. The minimum Gasteiger partial charge on any atom is -0.309 e. The lowest BCUT2D eigenvalue weighted by atomic mass is 10.0. The van der Waals surface area contributed by atoms with Crippen LogP contribution in [0, 0.1) is 5.82 Å². The van der Waals surface area contributed by atoms with Crippen molar-refractivity contribution < 1.29 is 4.39 Å². The van der Waals surface area contributed by atoms with Gasteiger partial charge in [-0.2, -0.15) is 0 Å². The van der Waals surface area contributed by atoms with E-state index in [9.17, 15) is 4.39 Å². The van der Waals surface area contributed by atoms with Gasteiger partial charge in [-0.05, 0) is 33.0 Å². The molecule has 1 aromatic carbocycles. The molecule has 2 atom stereocenters. The van der Waals surface area contributed by atoms with Crippen LogP contribution >= 0.6 is 0 Å². The van der Waals surface area contributed by atoms with Gasteiger partial charge in [0.1, 0.15) is 5.82 Å². The molecule has 0 aliphatic rings. The number of hydrogen-bond donors (Lipinski definition) is 1. The van der Waals surface area contributed by atoms with Crippen LogP contribution in [0.5, 0.6) is 0 Å². The molecule has 2 unspecified atom stereocenters. The van der Waals surface area contributed by atoms with Crippen molar-refractivity contribution in [2.75, 3.05) is 20.1 Å². The minimum absolute atomic E-state index is 0.0511. The lowest BCUT2D eigenvalue weighted by molar-refractivity contribution is 0.223. The van der Waals surface area contributed by atoms with Crippen molar-refractivity contribution in [1.29, 1.82) is 0 Å². The molecule has 1 N–H and O–H groups in total. The maximum atomic E-state index is 13.8. The van der Waals surface area contributed by atoms with Crippen LogP contribution in [0.25, 0.3) is 0 Å². The highest BCUT2D eigenvalue weighted by Gasteiger charge is 2.18. The maximum absolute atomic E-state index is 13.8. The second-order valence-corrected chi connectivity index (χ2v) is 4.83. The first-order chi connectivity index (χ1) is 8.60. The Bertz CT molecular complexity index is 354. The van der Waals surface area contributed by atoms with Gasteiger partial charge in [0.2, 0.25) is 0 Å². The summed E-state index contributed by atoms with van der Waals surface area (Å²) in [5, 5.41) is 3.37. The van der Waals surface area contributed by atoms with Gasteiger partial charge in [-0.3, -0.25) is 0 Å². The third-order valence-corrected chi connectivity index (χ3v) is 3.54. The molecule has 0 bridgehead atoms. The third kappa shape index (κ3) is 4.07. The zero-order valence-corrected chi connectivity index (χ0v) is 11.9. The van der Waals surface area contributed by atoms with E-state index in [1.807, 2.05) is 12.1 Å². The molecule has 0 spiro atoms. The molecule has 1 rings (SSSR count). The van der Waals surface area contributed by atoms with Gasteiger partial charge >= 0.3 is 0 Å².